The standard InChI is InChI=1S/C28H37N3O3/c1-21-7-11-24(12-8-21)28(33)31-19-17-30(18-20-31)26(23-5-3-4-6-23)27(32)29-16-15-22-9-13-25(34-2)14-10-22/h7-14,23,26H,3-6,15-20H2,1-2H3,(H,29,32)/t26-/m0/s1. The molecule has 1 saturated carbocycles. The largest absolute Gasteiger partial charge is 0.497 e. The number of carbonyl (C=O) groups is 2. The van der Waals surface area contributed by atoms with Gasteiger partial charge in [0.1, 0.15) is 5.75 Å². The highest BCUT2D eigenvalue weighted by Crippen LogP contribution is 2.31. The molecule has 0 bridgehead atoms. The third-order valence-corrected chi connectivity index (χ3v) is 7.28. The molecule has 6 heteroatoms. The monoisotopic (exact) mass is 463 g/mol. The second-order valence-electron chi connectivity index (χ2n) is 9.57. The van der Waals surface area contributed by atoms with Gasteiger partial charge < -0.3 is 15.0 Å². The number of rotatable bonds is 8. The van der Waals surface area contributed by atoms with Gasteiger partial charge in [0.25, 0.3) is 5.91 Å². The average molecular weight is 464 g/mol. The third-order valence-electron chi connectivity index (χ3n) is 7.28. The number of hydrogen-bond acceptors (Lipinski definition) is 4. The van der Waals surface area contributed by atoms with Gasteiger partial charge in [-0.3, -0.25) is 14.5 Å². The minimum atomic E-state index is -0.102. The first-order chi connectivity index (χ1) is 16.5. The molecule has 1 aliphatic heterocycles. The first-order valence-corrected chi connectivity index (χ1v) is 12.6. The van der Waals surface area contributed by atoms with Crippen molar-refractivity contribution in [3.63, 3.8) is 0 Å². The van der Waals surface area contributed by atoms with E-state index in [1.165, 1.54) is 18.4 Å². The van der Waals surface area contributed by atoms with Gasteiger partial charge in [-0.05, 0) is 61.9 Å². The van der Waals surface area contributed by atoms with E-state index in [1.807, 2.05) is 60.4 Å². The molecule has 1 saturated heterocycles. The summed E-state index contributed by atoms with van der Waals surface area (Å²) in [5, 5.41) is 3.21. The summed E-state index contributed by atoms with van der Waals surface area (Å²) in [6.45, 7) is 5.46. The van der Waals surface area contributed by atoms with Crippen LogP contribution in [0.3, 0.4) is 0 Å². The summed E-state index contributed by atoms with van der Waals surface area (Å²) in [5.74, 6) is 1.47. The van der Waals surface area contributed by atoms with Crippen molar-refractivity contribution in [1.82, 2.24) is 15.1 Å². The van der Waals surface area contributed by atoms with Crippen LogP contribution >= 0.6 is 0 Å². The smallest absolute Gasteiger partial charge is 0.253 e. The normalized spacial score (nSPS) is 18.0. The van der Waals surface area contributed by atoms with Gasteiger partial charge >= 0.3 is 0 Å². The van der Waals surface area contributed by atoms with Crippen LogP contribution < -0.4 is 10.1 Å². The van der Waals surface area contributed by atoms with Crippen molar-refractivity contribution in [1.29, 1.82) is 0 Å². The molecule has 1 heterocycles. The number of aryl methyl sites for hydroxylation is 1. The van der Waals surface area contributed by atoms with Crippen molar-refractivity contribution in [3.8, 4) is 5.75 Å². The highest BCUT2D eigenvalue weighted by molar-refractivity contribution is 5.94. The molecule has 0 radical (unpaired) electrons. The zero-order valence-corrected chi connectivity index (χ0v) is 20.5. The van der Waals surface area contributed by atoms with E-state index in [0.717, 1.165) is 49.2 Å². The highest BCUT2D eigenvalue weighted by Gasteiger charge is 2.37. The van der Waals surface area contributed by atoms with Gasteiger partial charge in [-0.25, -0.2) is 0 Å². The molecule has 6 nitrogen and oxygen atoms in total. The Morgan fingerprint density at radius 2 is 1.62 bits per heavy atom. The minimum absolute atomic E-state index is 0.0843. The fourth-order valence-corrected chi connectivity index (χ4v) is 5.26. The van der Waals surface area contributed by atoms with Crippen LogP contribution in [0.2, 0.25) is 0 Å². The van der Waals surface area contributed by atoms with E-state index >= 15 is 0 Å². The molecule has 0 spiro atoms. The summed E-state index contributed by atoms with van der Waals surface area (Å²) in [4.78, 5) is 30.5. The molecular weight excluding hydrogens is 426 g/mol. The summed E-state index contributed by atoms with van der Waals surface area (Å²) in [6, 6.07) is 15.7. The van der Waals surface area contributed by atoms with Gasteiger partial charge in [0.2, 0.25) is 5.91 Å². The molecule has 34 heavy (non-hydrogen) atoms. The topological polar surface area (TPSA) is 61.9 Å². The number of carbonyl (C=O) groups excluding carboxylic acids is 2. The zero-order chi connectivity index (χ0) is 23.9. The number of hydrogen-bond donors (Lipinski definition) is 1. The number of ether oxygens (including phenoxy) is 1. The highest BCUT2D eigenvalue weighted by atomic mass is 16.5. The van der Waals surface area contributed by atoms with Crippen LogP contribution in [0, 0.1) is 12.8 Å². The Morgan fingerprint density at radius 3 is 2.24 bits per heavy atom. The Morgan fingerprint density at radius 1 is 0.971 bits per heavy atom. The van der Waals surface area contributed by atoms with Crippen molar-refractivity contribution in [2.45, 2.75) is 45.1 Å². The lowest BCUT2D eigenvalue weighted by atomic mass is 9.94. The summed E-state index contributed by atoms with van der Waals surface area (Å²) in [6.07, 6.45) is 5.42. The Labute approximate surface area is 203 Å². The molecule has 182 valence electrons. The van der Waals surface area contributed by atoms with Crippen molar-refractivity contribution < 1.29 is 14.3 Å². The fourth-order valence-electron chi connectivity index (χ4n) is 5.26. The lowest BCUT2D eigenvalue weighted by Gasteiger charge is -2.40. The maximum Gasteiger partial charge on any atom is 0.253 e. The van der Waals surface area contributed by atoms with E-state index < -0.39 is 0 Å². The van der Waals surface area contributed by atoms with Crippen LogP contribution in [0.25, 0.3) is 0 Å². The van der Waals surface area contributed by atoms with Gasteiger partial charge in [0.05, 0.1) is 13.2 Å². The summed E-state index contributed by atoms with van der Waals surface area (Å²) >= 11 is 0. The van der Waals surface area contributed by atoms with Crippen LogP contribution in [0.1, 0.15) is 47.2 Å². The predicted molar refractivity (Wildman–Crippen MR) is 134 cm³/mol. The molecule has 1 atom stereocenters. The quantitative estimate of drug-likeness (QED) is 0.649. The summed E-state index contributed by atoms with van der Waals surface area (Å²) in [5.41, 5.74) is 3.07. The fraction of sp³-hybridized carbons (Fsp3) is 0.500. The Bertz CT molecular complexity index is 944. The van der Waals surface area contributed by atoms with Crippen LogP contribution in [0.4, 0.5) is 0 Å². The van der Waals surface area contributed by atoms with E-state index in [1.54, 1.807) is 7.11 Å². The molecule has 0 unspecified atom stereocenters. The van der Waals surface area contributed by atoms with Gasteiger partial charge in [0, 0.05) is 38.3 Å². The summed E-state index contributed by atoms with van der Waals surface area (Å²) < 4.78 is 5.22. The van der Waals surface area contributed by atoms with Crippen molar-refractivity contribution in [3.05, 3.63) is 65.2 Å². The van der Waals surface area contributed by atoms with Crippen molar-refractivity contribution in [2.75, 3.05) is 39.8 Å². The van der Waals surface area contributed by atoms with Crippen LogP contribution in [-0.4, -0.2) is 67.5 Å². The van der Waals surface area contributed by atoms with Gasteiger partial charge in [-0.1, -0.05) is 42.7 Å². The molecule has 4 rings (SSSR count). The van der Waals surface area contributed by atoms with Crippen LogP contribution in [0.5, 0.6) is 5.75 Å². The van der Waals surface area contributed by atoms with Crippen molar-refractivity contribution >= 4 is 11.8 Å². The van der Waals surface area contributed by atoms with Gasteiger partial charge in [-0.15, -0.1) is 0 Å². The lowest BCUT2D eigenvalue weighted by Crippen LogP contribution is -2.58. The molecule has 2 aromatic carbocycles. The first-order valence-electron chi connectivity index (χ1n) is 12.6. The molecular formula is C28H37N3O3. The molecule has 2 aromatic rings. The first kappa shape index (κ1) is 24.3. The molecule has 1 N–H and O–H groups in total. The van der Waals surface area contributed by atoms with E-state index in [-0.39, 0.29) is 17.9 Å². The minimum Gasteiger partial charge on any atom is -0.497 e. The maximum absolute atomic E-state index is 13.3. The molecule has 2 aliphatic rings. The van der Waals surface area contributed by atoms with E-state index in [4.69, 9.17) is 4.74 Å². The number of piperazine rings is 1. The van der Waals surface area contributed by atoms with Crippen molar-refractivity contribution in [2.24, 2.45) is 5.92 Å². The number of nitrogens with one attached hydrogen (secondary N) is 1. The molecule has 2 amide bonds. The molecule has 1 aliphatic carbocycles. The Kier molecular flexibility index (Phi) is 8.22. The molecule has 2 fully saturated rings. The van der Waals surface area contributed by atoms with Crippen LogP contribution in [0.15, 0.2) is 48.5 Å². The number of amides is 2. The van der Waals surface area contributed by atoms with E-state index in [2.05, 4.69) is 10.2 Å². The Balaban J connectivity index is 1.33. The number of methoxy groups -OCH3 is 1. The van der Waals surface area contributed by atoms with Gasteiger partial charge in [0.15, 0.2) is 0 Å². The van der Waals surface area contributed by atoms with E-state index in [0.29, 0.717) is 25.6 Å². The second kappa shape index (κ2) is 11.5. The molecule has 0 aromatic heterocycles. The number of nitrogens with zero attached hydrogens (tertiary/aromatic N) is 2. The van der Waals surface area contributed by atoms with Gasteiger partial charge in [-0.2, -0.15) is 0 Å². The average Bonchev–Trinajstić information content (AvgIpc) is 3.39. The second-order valence-corrected chi connectivity index (χ2v) is 9.57. The number of benzene rings is 2. The van der Waals surface area contributed by atoms with E-state index in [9.17, 15) is 9.59 Å². The predicted octanol–water partition coefficient (Wildman–Crippen LogP) is 3.68. The summed E-state index contributed by atoms with van der Waals surface area (Å²) in [7, 11) is 1.66. The Hall–Kier alpha value is -2.86. The third kappa shape index (κ3) is 5.98. The van der Waals surface area contributed by atoms with Crippen LogP contribution in [-0.2, 0) is 11.2 Å². The lowest BCUT2D eigenvalue weighted by molar-refractivity contribution is -0.129. The SMILES string of the molecule is COc1ccc(CCNC(=O)[C@H](C2CCCC2)N2CCN(C(=O)c3ccc(C)cc3)CC2)cc1. The zero-order valence-electron chi connectivity index (χ0n) is 20.5. The maximum atomic E-state index is 13.3.